The number of aliphatic hydroxyl groups excluding tert-OH is 1. The van der Waals surface area contributed by atoms with Gasteiger partial charge in [-0.25, -0.2) is 4.79 Å². The van der Waals surface area contributed by atoms with Gasteiger partial charge < -0.3 is 24.1 Å². The van der Waals surface area contributed by atoms with E-state index in [9.17, 15) is 9.90 Å². The third-order valence-corrected chi connectivity index (χ3v) is 2.69. The highest BCUT2D eigenvalue weighted by Gasteiger charge is 2.15. The first kappa shape index (κ1) is 14.9. The molecule has 0 saturated carbocycles. The van der Waals surface area contributed by atoms with Gasteiger partial charge in [-0.05, 0) is 24.6 Å². The largest absolute Gasteiger partial charge is 0.504 e. The van der Waals surface area contributed by atoms with Crippen LogP contribution in [0.2, 0.25) is 0 Å². The fraction of sp³-hybridized carbons (Fsp3) is 0.267. The summed E-state index contributed by atoms with van der Waals surface area (Å²) in [5.74, 6) is -0.106. The highest BCUT2D eigenvalue weighted by atomic mass is 16.5. The Hall–Kier alpha value is -2.47. The van der Waals surface area contributed by atoms with Crippen molar-refractivity contribution in [2.45, 2.75) is 13.3 Å². The third-order valence-electron chi connectivity index (χ3n) is 2.69. The fourth-order valence-electron chi connectivity index (χ4n) is 1.72. The van der Waals surface area contributed by atoms with Crippen LogP contribution >= 0.6 is 0 Å². The van der Waals surface area contributed by atoms with Crippen molar-refractivity contribution in [3.8, 4) is 17.2 Å². The van der Waals surface area contributed by atoms with Gasteiger partial charge in [-0.15, -0.1) is 0 Å². The van der Waals surface area contributed by atoms with Crippen molar-refractivity contribution >= 4 is 11.0 Å². The van der Waals surface area contributed by atoms with Crippen LogP contribution in [0.5, 0.6) is 17.2 Å². The van der Waals surface area contributed by atoms with Crippen molar-refractivity contribution in [2.24, 2.45) is 0 Å². The molecule has 1 heterocycles. The quantitative estimate of drug-likeness (QED) is 0.626. The molecular weight excluding hydrogens is 276 g/mol. The van der Waals surface area contributed by atoms with E-state index in [0.29, 0.717) is 11.1 Å². The summed E-state index contributed by atoms with van der Waals surface area (Å²) in [6.07, 6.45) is 3.77. The number of hydrogen-bond donors (Lipinski definition) is 2. The van der Waals surface area contributed by atoms with E-state index in [-0.39, 0.29) is 30.3 Å². The van der Waals surface area contributed by atoms with Gasteiger partial charge in [-0.1, -0.05) is 6.92 Å². The Bertz CT molecular complexity index is 701. The van der Waals surface area contributed by atoms with Crippen LogP contribution in [-0.2, 0) is 0 Å². The summed E-state index contributed by atoms with van der Waals surface area (Å²) in [5.41, 5.74) is -0.597. The first-order valence-electron chi connectivity index (χ1n) is 6.52. The monoisotopic (exact) mass is 292 g/mol. The Morgan fingerprint density at radius 3 is 2.90 bits per heavy atom. The summed E-state index contributed by atoms with van der Waals surface area (Å²) in [6, 6.07) is 4.62. The zero-order chi connectivity index (χ0) is 15.2. The van der Waals surface area contributed by atoms with E-state index in [0.717, 1.165) is 6.42 Å². The lowest BCUT2D eigenvalue weighted by Crippen LogP contribution is -2.04. The molecule has 1 aromatic carbocycles. The minimum atomic E-state index is -0.778. The molecule has 0 saturated heterocycles. The van der Waals surface area contributed by atoms with Gasteiger partial charge in [0.25, 0.3) is 5.75 Å². The topological polar surface area (TPSA) is 89.1 Å². The predicted octanol–water partition coefficient (Wildman–Crippen LogP) is 2.17. The molecule has 0 amide bonds. The Balaban J connectivity index is 2.42. The molecular formula is C15H16O6. The van der Waals surface area contributed by atoms with E-state index in [1.807, 2.05) is 6.92 Å². The lowest BCUT2D eigenvalue weighted by molar-refractivity contribution is 0.201. The van der Waals surface area contributed by atoms with Crippen LogP contribution in [0.25, 0.3) is 11.0 Å². The number of aliphatic hydroxyl groups is 1. The standard InChI is InChI=1S/C15H16O6/c1-2-3-7-20-14-13(17)11-5-4-10(19-8-6-16)9-12(11)21-15(14)18/h3-5,7,9,16-17H,2,6,8H2,1H3/b7-3+. The average molecular weight is 292 g/mol. The molecule has 2 aromatic rings. The number of benzene rings is 1. The summed E-state index contributed by atoms with van der Waals surface area (Å²) < 4.78 is 15.4. The Morgan fingerprint density at radius 2 is 2.19 bits per heavy atom. The second kappa shape index (κ2) is 6.81. The molecule has 2 rings (SSSR count). The van der Waals surface area contributed by atoms with Crippen molar-refractivity contribution < 1.29 is 24.1 Å². The molecule has 0 fully saturated rings. The van der Waals surface area contributed by atoms with Gasteiger partial charge in [-0.3, -0.25) is 0 Å². The Morgan fingerprint density at radius 1 is 1.38 bits per heavy atom. The van der Waals surface area contributed by atoms with Gasteiger partial charge in [0, 0.05) is 6.07 Å². The molecule has 0 bridgehead atoms. The lowest BCUT2D eigenvalue weighted by Gasteiger charge is -2.07. The summed E-state index contributed by atoms with van der Waals surface area (Å²) in [6.45, 7) is 1.92. The molecule has 0 unspecified atom stereocenters. The molecule has 6 heteroatoms. The lowest BCUT2D eigenvalue weighted by atomic mass is 10.2. The minimum Gasteiger partial charge on any atom is -0.504 e. The molecule has 0 aliphatic heterocycles. The van der Waals surface area contributed by atoms with Crippen LogP contribution < -0.4 is 15.1 Å². The highest BCUT2D eigenvalue weighted by Crippen LogP contribution is 2.33. The zero-order valence-electron chi connectivity index (χ0n) is 11.5. The van der Waals surface area contributed by atoms with Crippen LogP contribution in [0, 0.1) is 0 Å². The second-order valence-electron chi connectivity index (χ2n) is 4.20. The van der Waals surface area contributed by atoms with E-state index in [4.69, 9.17) is 19.0 Å². The molecule has 0 spiro atoms. The maximum absolute atomic E-state index is 11.8. The summed E-state index contributed by atoms with van der Waals surface area (Å²) in [5, 5.41) is 19.1. The van der Waals surface area contributed by atoms with Gasteiger partial charge in [0.15, 0.2) is 5.75 Å². The predicted molar refractivity (Wildman–Crippen MR) is 76.8 cm³/mol. The molecule has 6 nitrogen and oxygen atoms in total. The number of rotatable bonds is 6. The number of ether oxygens (including phenoxy) is 2. The maximum Gasteiger partial charge on any atom is 0.383 e. The maximum atomic E-state index is 11.8. The van der Waals surface area contributed by atoms with Crippen molar-refractivity contribution in [1.29, 1.82) is 0 Å². The molecule has 112 valence electrons. The number of aromatic hydroxyl groups is 1. The van der Waals surface area contributed by atoms with Gasteiger partial charge >= 0.3 is 5.63 Å². The van der Waals surface area contributed by atoms with Crippen LogP contribution in [0.4, 0.5) is 0 Å². The van der Waals surface area contributed by atoms with Gasteiger partial charge in [0.2, 0.25) is 0 Å². The first-order chi connectivity index (χ1) is 10.2. The second-order valence-corrected chi connectivity index (χ2v) is 4.20. The number of allylic oxidation sites excluding steroid dienone is 1. The molecule has 2 N–H and O–H groups in total. The first-order valence-corrected chi connectivity index (χ1v) is 6.52. The summed E-state index contributed by atoms with van der Waals surface area (Å²) in [7, 11) is 0. The van der Waals surface area contributed by atoms with E-state index in [2.05, 4.69) is 0 Å². The number of hydrogen-bond acceptors (Lipinski definition) is 6. The molecule has 0 radical (unpaired) electrons. The van der Waals surface area contributed by atoms with E-state index in [1.165, 1.54) is 12.3 Å². The third kappa shape index (κ3) is 3.35. The normalized spacial score (nSPS) is 11.1. The molecule has 0 aliphatic carbocycles. The van der Waals surface area contributed by atoms with Crippen LogP contribution in [0.1, 0.15) is 13.3 Å². The minimum absolute atomic E-state index is 0.121. The fourth-order valence-corrected chi connectivity index (χ4v) is 1.72. The summed E-state index contributed by atoms with van der Waals surface area (Å²) >= 11 is 0. The van der Waals surface area contributed by atoms with E-state index >= 15 is 0 Å². The van der Waals surface area contributed by atoms with Crippen molar-refractivity contribution in [3.05, 3.63) is 41.0 Å². The van der Waals surface area contributed by atoms with Crippen molar-refractivity contribution in [2.75, 3.05) is 13.2 Å². The average Bonchev–Trinajstić information content (AvgIpc) is 2.48. The Labute approximate surface area is 120 Å². The van der Waals surface area contributed by atoms with E-state index < -0.39 is 5.63 Å². The van der Waals surface area contributed by atoms with Crippen LogP contribution in [-0.4, -0.2) is 23.4 Å². The Kier molecular flexibility index (Phi) is 4.84. The van der Waals surface area contributed by atoms with Crippen LogP contribution in [0.3, 0.4) is 0 Å². The van der Waals surface area contributed by atoms with Crippen LogP contribution in [0.15, 0.2) is 39.7 Å². The zero-order valence-corrected chi connectivity index (χ0v) is 11.5. The molecule has 1 aromatic heterocycles. The van der Waals surface area contributed by atoms with Gasteiger partial charge in [0.05, 0.1) is 18.3 Å². The smallest absolute Gasteiger partial charge is 0.383 e. The van der Waals surface area contributed by atoms with Crippen molar-refractivity contribution in [3.63, 3.8) is 0 Å². The molecule has 0 aliphatic rings. The SMILES string of the molecule is CC/C=C/Oc1c(O)c2ccc(OCCO)cc2oc1=O. The van der Waals surface area contributed by atoms with Gasteiger partial charge in [0.1, 0.15) is 17.9 Å². The van der Waals surface area contributed by atoms with E-state index in [1.54, 1.807) is 18.2 Å². The number of fused-ring (bicyclic) bond motifs is 1. The molecule has 0 atom stereocenters. The summed E-state index contributed by atoms with van der Waals surface area (Å²) in [4.78, 5) is 11.8. The molecule has 21 heavy (non-hydrogen) atoms. The highest BCUT2D eigenvalue weighted by molar-refractivity contribution is 5.86. The van der Waals surface area contributed by atoms with Crippen molar-refractivity contribution in [1.82, 2.24) is 0 Å². The van der Waals surface area contributed by atoms with Gasteiger partial charge in [-0.2, -0.15) is 0 Å².